The largest absolute Gasteiger partial charge is 0.324 e. The average molecular weight is 314 g/mol. The monoisotopic (exact) mass is 313 g/mol. The van der Waals surface area contributed by atoms with E-state index in [1.165, 1.54) is 19.3 Å². The van der Waals surface area contributed by atoms with E-state index >= 15 is 0 Å². The third kappa shape index (κ3) is 2.94. The van der Waals surface area contributed by atoms with Crippen LogP contribution in [-0.2, 0) is 0 Å². The second-order valence-electron chi connectivity index (χ2n) is 5.37. The Kier molecular flexibility index (Phi) is 4.79. The quantitative estimate of drug-likeness (QED) is 0.852. The Balaban J connectivity index is 2.15. The number of rotatable bonds is 3. The van der Waals surface area contributed by atoms with Gasteiger partial charge < -0.3 is 5.73 Å². The number of hydrogen-bond donors (Lipinski definition) is 1. The molecule has 0 amide bonds. The highest BCUT2D eigenvalue weighted by atomic mass is 79.9. The fraction of sp³-hybridized carbons (Fsp3) is 0.600. The fourth-order valence-corrected chi connectivity index (χ4v) is 3.44. The lowest BCUT2D eigenvalue weighted by Crippen LogP contribution is -2.27. The molecule has 18 heavy (non-hydrogen) atoms. The molecule has 0 saturated heterocycles. The third-order valence-corrected chi connectivity index (χ3v) is 4.86. The van der Waals surface area contributed by atoms with Crippen LogP contribution in [0, 0.1) is 17.7 Å². The molecule has 1 nitrogen and oxygen atoms in total. The lowest BCUT2D eigenvalue weighted by molar-refractivity contribution is 0.228. The summed E-state index contributed by atoms with van der Waals surface area (Å²) in [6.07, 6.45) is 6.02. The van der Waals surface area contributed by atoms with Crippen molar-refractivity contribution < 1.29 is 4.39 Å². The zero-order valence-corrected chi connectivity index (χ0v) is 12.4. The molecule has 1 aliphatic carbocycles. The van der Waals surface area contributed by atoms with Crippen molar-refractivity contribution in [2.75, 3.05) is 0 Å². The van der Waals surface area contributed by atoms with Crippen LogP contribution in [0.5, 0.6) is 0 Å². The van der Waals surface area contributed by atoms with Gasteiger partial charge in [-0.2, -0.15) is 0 Å². The van der Waals surface area contributed by atoms with E-state index in [-0.39, 0.29) is 11.9 Å². The first-order valence-corrected chi connectivity index (χ1v) is 7.62. The van der Waals surface area contributed by atoms with Gasteiger partial charge in [-0.1, -0.05) is 38.3 Å². The van der Waals surface area contributed by atoms with E-state index < -0.39 is 0 Å². The van der Waals surface area contributed by atoms with Crippen molar-refractivity contribution in [3.63, 3.8) is 0 Å². The van der Waals surface area contributed by atoms with Crippen LogP contribution < -0.4 is 5.73 Å². The van der Waals surface area contributed by atoms with Crippen LogP contribution in [0.3, 0.4) is 0 Å². The van der Waals surface area contributed by atoms with Crippen molar-refractivity contribution in [1.29, 1.82) is 0 Å². The molecule has 1 saturated carbocycles. The van der Waals surface area contributed by atoms with Gasteiger partial charge in [0.15, 0.2) is 0 Å². The van der Waals surface area contributed by atoms with Gasteiger partial charge in [-0.25, -0.2) is 4.39 Å². The average Bonchev–Trinajstić information content (AvgIpc) is 2.41. The van der Waals surface area contributed by atoms with Crippen molar-refractivity contribution in [2.24, 2.45) is 17.6 Å². The van der Waals surface area contributed by atoms with Gasteiger partial charge in [0.25, 0.3) is 0 Å². The molecule has 0 radical (unpaired) electrons. The van der Waals surface area contributed by atoms with Crippen LogP contribution in [0.4, 0.5) is 4.39 Å². The van der Waals surface area contributed by atoms with E-state index in [2.05, 4.69) is 22.9 Å². The van der Waals surface area contributed by atoms with E-state index in [4.69, 9.17) is 5.73 Å². The molecule has 1 aromatic rings. The van der Waals surface area contributed by atoms with Crippen molar-refractivity contribution in [3.05, 3.63) is 34.1 Å². The van der Waals surface area contributed by atoms with Crippen molar-refractivity contribution >= 4 is 15.9 Å². The van der Waals surface area contributed by atoms with Crippen molar-refractivity contribution in [3.8, 4) is 0 Å². The lowest BCUT2D eigenvalue weighted by Gasteiger charge is -2.32. The molecule has 3 atom stereocenters. The first-order valence-electron chi connectivity index (χ1n) is 6.83. The van der Waals surface area contributed by atoms with Crippen LogP contribution in [-0.4, -0.2) is 0 Å². The highest BCUT2D eigenvalue weighted by molar-refractivity contribution is 9.10. The molecule has 0 spiro atoms. The molecule has 1 aromatic carbocycles. The zero-order valence-electron chi connectivity index (χ0n) is 10.8. The van der Waals surface area contributed by atoms with E-state index in [1.807, 2.05) is 12.1 Å². The minimum Gasteiger partial charge on any atom is -0.324 e. The smallest absolute Gasteiger partial charge is 0.142 e. The Morgan fingerprint density at radius 1 is 1.44 bits per heavy atom. The summed E-state index contributed by atoms with van der Waals surface area (Å²) in [5.74, 6) is 1.00. The Bertz CT molecular complexity index is 407. The molecule has 0 aliphatic heterocycles. The molecular weight excluding hydrogens is 293 g/mol. The Morgan fingerprint density at radius 2 is 2.22 bits per heavy atom. The van der Waals surface area contributed by atoms with Crippen LogP contribution >= 0.6 is 15.9 Å². The lowest BCUT2D eigenvalue weighted by atomic mass is 9.75. The highest BCUT2D eigenvalue weighted by Crippen LogP contribution is 2.38. The summed E-state index contributed by atoms with van der Waals surface area (Å²) in [5.41, 5.74) is 6.95. The van der Waals surface area contributed by atoms with Crippen molar-refractivity contribution in [1.82, 2.24) is 0 Å². The summed E-state index contributed by atoms with van der Waals surface area (Å²) in [7, 11) is 0. The minimum atomic E-state index is -0.191. The molecular formula is C15H21BrFN. The molecule has 3 unspecified atom stereocenters. The Hall–Kier alpha value is -0.410. The number of halogens is 2. The van der Waals surface area contributed by atoms with E-state index in [0.717, 1.165) is 18.8 Å². The van der Waals surface area contributed by atoms with Crippen molar-refractivity contribution in [2.45, 2.75) is 45.1 Å². The molecule has 2 rings (SSSR count). The van der Waals surface area contributed by atoms with Gasteiger partial charge in [-0.3, -0.25) is 0 Å². The summed E-state index contributed by atoms with van der Waals surface area (Å²) in [6, 6.07) is 5.24. The molecule has 3 heteroatoms. The highest BCUT2D eigenvalue weighted by Gasteiger charge is 2.28. The van der Waals surface area contributed by atoms with Gasteiger partial charge >= 0.3 is 0 Å². The molecule has 0 bridgehead atoms. The van der Waals surface area contributed by atoms with Gasteiger partial charge in [0.2, 0.25) is 0 Å². The molecule has 0 heterocycles. The predicted molar refractivity (Wildman–Crippen MR) is 76.8 cm³/mol. The van der Waals surface area contributed by atoms with E-state index in [0.29, 0.717) is 16.0 Å². The van der Waals surface area contributed by atoms with Crippen LogP contribution in [0.15, 0.2) is 22.7 Å². The first-order chi connectivity index (χ1) is 8.63. The summed E-state index contributed by atoms with van der Waals surface area (Å²) >= 11 is 3.23. The fourth-order valence-electron chi connectivity index (χ4n) is 3.06. The van der Waals surface area contributed by atoms with E-state index in [9.17, 15) is 4.39 Å². The maximum atomic E-state index is 14.1. The topological polar surface area (TPSA) is 26.0 Å². The second-order valence-corrected chi connectivity index (χ2v) is 6.22. The summed E-state index contributed by atoms with van der Waals surface area (Å²) in [6.45, 7) is 2.23. The molecule has 0 aromatic heterocycles. The summed E-state index contributed by atoms with van der Waals surface area (Å²) < 4.78 is 14.6. The van der Waals surface area contributed by atoms with Gasteiger partial charge in [-0.05, 0) is 46.7 Å². The van der Waals surface area contributed by atoms with Crippen LogP contribution in [0.2, 0.25) is 0 Å². The molecule has 1 aliphatic rings. The normalized spacial score (nSPS) is 26.0. The number of benzene rings is 1. The van der Waals surface area contributed by atoms with Gasteiger partial charge in [0.1, 0.15) is 5.82 Å². The summed E-state index contributed by atoms with van der Waals surface area (Å²) in [4.78, 5) is 0. The van der Waals surface area contributed by atoms with Crippen LogP contribution in [0.1, 0.15) is 50.6 Å². The Labute approximate surface area is 117 Å². The Morgan fingerprint density at radius 3 is 2.94 bits per heavy atom. The maximum Gasteiger partial charge on any atom is 0.142 e. The third-order valence-electron chi connectivity index (χ3n) is 4.25. The van der Waals surface area contributed by atoms with Gasteiger partial charge in [0, 0.05) is 11.6 Å². The standard InChI is InChI=1S/C15H21BrFN/c1-2-10-5-3-6-11(9-10)15(18)12-7-4-8-13(16)14(12)17/h4,7-8,10-11,15H,2-3,5-6,9,18H2,1H3. The van der Waals surface area contributed by atoms with Gasteiger partial charge in [0.05, 0.1) is 4.47 Å². The minimum absolute atomic E-state index is 0.170. The first kappa shape index (κ1) is 14.0. The molecule has 2 N–H and O–H groups in total. The second kappa shape index (κ2) is 6.16. The molecule has 100 valence electrons. The maximum absolute atomic E-state index is 14.1. The SMILES string of the molecule is CCC1CCCC(C(N)c2cccc(Br)c2F)C1. The predicted octanol–water partition coefficient (Wildman–Crippen LogP) is 4.80. The van der Waals surface area contributed by atoms with Gasteiger partial charge in [-0.15, -0.1) is 0 Å². The number of nitrogens with two attached hydrogens (primary N) is 1. The van der Waals surface area contributed by atoms with E-state index in [1.54, 1.807) is 6.07 Å². The summed E-state index contributed by atoms with van der Waals surface area (Å²) in [5, 5.41) is 0. The zero-order chi connectivity index (χ0) is 13.1. The number of hydrogen-bond acceptors (Lipinski definition) is 1. The van der Waals surface area contributed by atoms with Crippen LogP contribution in [0.25, 0.3) is 0 Å². The molecule has 1 fully saturated rings.